The van der Waals surface area contributed by atoms with Gasteiger partial charge >= 0.3 is 0 Å². The van der Waals surface area contributed by atoms with Crippen molar-refractivity contribution in [3.05, 3.63) is 28.9 Å². The average molecular weight is 354 g/mol. The summed E-state index contributed by atoms with van der Waals surface area (Å²) in [6.07, 6.45) is 3.07. The van der Waals surface area contributed by atoms with Crippen molar-refractivity contribution in [2.75, 3.05) is 13.1 Å². The van der Waals surface area contributed by atoms with Crippen LogP contribution in [0.4, 0.5) is 0 Å². The van der Waals surface area contributed by atoms with E-state index in [-0.39, 0.29) is 12.1 Å². The third-order valence-electron chi connectivity index (χ3n) is 4.48. The van der Waals surface area contributed by atoms with Crippen LogP contribution in [0, 0.1) is 0 Å². The summed E-state index contributed by atoms with van der Waals surface area (Å²) in [6.45, 7) is 3.30. The second kappa shape index (κ2) is 5.66. The lowest BCUT2D eigenvalue weighted by atomic mass is 10.0. The van der Waals surface area contributed by atoms with Crippen LogP contribution in [0.3, 0.4) is 0 Å². The molecule has 2 aliphatic rings. The Balaban J connectivity index is 1.57. The third-order valence-corrected chi connectivity index (χ3v) is 8.04. The Kier molecular flexibility index (Phi) is 3.75. The molecular weight excluding hydrogens is 336 g/mol. The molecule has 0 radical (unpaired) electrons. The summed E-state index contributed by atoms with van der Waals surface area (Å²) >= 11 is 1.35. The summed E-state index contributed by atoms with van der Waals surface area (Å²) in [4.78, 5) is 1.08. The number of rotatable bonds is 3. The van der Waals surface area contributed by atoms with Gasteiger partial charge in [-0.2, -0.15) is 4.31 Å². The second-order valence-corrected chi connectivity index (χ2v) is 9.15. The summed E-state index contributed by atoms with van der Waals surface area (Å²) in [5, 5.41) is 8.05. The monoisotopic (exact) mass is 354 g/mol. The zero-order valence-electron chi connectivity index (χ0n) is 12.8. The molecule has 2 aromatic rings. The standard InChI is InChI=1S/C14H18N4O3S2/c1-2-11-3-4-14(22-11)23(19,20)17-6-5-12-13(8-17)21-9-10-7-15-16-18(10)12/h3-4,7,12-13H,2,5-6,8-9H2,1H3/t12-,13-/m0/s1. The predicted octanol–water partition coefficient (Wildman–Crippen LogP) is 1.44. The number of hydrogen-bond acceptors (Lipinski definition) is 6. The van der Waals surface area contributed by atoms with E-state index in [4.69, 9.17) is 4.74 Å². The van der Waals surface area contributed by atoms with E-state index in [2.05, 4.69) is 10.3 Å². The Morgan fingerprint density at radius 2 is 2.30 bits per heavy atom. The van der Waals surface area contributed by atoms with Gasteiger partial charge in [-0.15, -0.1) is 16.4 Å². The van der Waals surface area contributed by atoms with Crippen LogP contribution in [-0.2, 0) is 27.8 Å². The largest absolute Gasteiger partial charge is 0.368 e. The van der Waals surface area contributed by atoms with Gasteiger partial charge < -0.3 is 4.74 Å². The molecular formula is C14H18N4O3S2. The lowest BCUT2D eigenvalue weighted by Gasteiger charge is -2.40. The Morgan fingerprint density at radius 1 is 1.43 bits per heavy atom. The molecule has 0 N–H and O–H groups in total. The maximum absolute atomic E-state index is 12.8. The van der Waals surface area contributed by atoms with Crippen LogP contribution in [0.5, 0.6) is 0 Å². The fourth-order valence-electron chi connectivity index (χ4n) is 3.19. The summed E-state index contributed by atoms with van der Waals surface area (Å²) in [5.74, 6) is 0. The lowest BCUT2D eigenvalue weighted by molar-refractivity contribution is -0.0543. The van der Waals surface area contributed by atoms with Crippen molar-refractivity contribution in [3.8, 4) is 0 Å². The van der Waals surface area contributed by atoms with Crippen molar-refractivity contribution < 1.29 is 13.2 Å². The van der Waals surface area contributed by atoms with E-state index in [1.807, 2.05) is 17.7 Å². The SMILES string of the molecule is CCc1ccc(S(=O)(=O)N2CC[C@H]3[C@H](C2)OCc2cnnn23)s1. The molecule has 0 unspecified atom stereocenters. The number of hydrogen-bond donors (Lipinski definition) is 0. The summed E-state index contributed by atoms with van der Waals surface area (Å²) < 4.78 is 35.4. The van der Waals surface area contributed by atoms with Crippen LogP contribution in [0.25, 0.3) is 0 Å². The number of aromatic nitrogens is 3. The molecule has 1 fully saturated rings. The minimum Gasteiger partial charge on any atom is -0.368 e. The highest BCUT2D eigenvalue weighted by Gasteiger charge is 2.40. The molecule has 2 aromatic heterocycles. The minimum atomic E-state index is -3.44. The van der Waals surface area contributed by atoms with Crippen molar-refractivity contribution in [1.82, 2.24) is 19.3 Å². The molecule has 2 aliphatic heterocycles. The van der Waals surface area contributed by atoms with Crippen molar-refractivity contribution in [3.63, 3.8) is 0 Å². The molecule has 2 atom stereocenters. The van der Waals surface area contributed by atoms with E-state index >= 15 is 0 Å². The molecule has 7 nitrogen and oxygen atoms in total. The van der Waals surface area contributed by atoms with E-state index in [1.165, 1.54) is 11.3 Å². The molecule has 0 aromatic carbocycles. The van der Waals surface area contributed by atoms with Crippen LogP contribution in [-0.4, -0.2) is 46.9 Å². The van der Waals surface area contributed by atoms with Crippen LogP contribution >= 0.6 is 11.3 Å². The average Bonchev–Trinajstić information content (AvgIpc) is 3.23. The second-order valence-electron chi connectivity index (χ2n) is 5.81. The molecule has 4 rings (SSSR count). The number of thiophene rings is 1. The van der Waals surface area contributed by atoms with Gasteiger partial charge in [-0.3, -0.25) is 0 Å². The number of piperidine rings is 1. The van der Waals surface area contributed by atoms with Gasteiger partial charge in [0.1, 0.15) is 4.21 Å². The van der Waals surface area contributed by atoms with Crippen LogP contribution < -0.4 is 0 Å². The van der Waals surface area contributed by atoms with Gasteiger partial charge in [-0.25, -0.2) is 13.1 Å². The fraction of sp³-hybridized carbons (Fsp3) is 0.571. The normalized spacial score (nSPS) is 25.1. The third kappa shape index (κ3) is 2.51. The molecule has 4 heterocycles. The Bertz CT molecular complexity index is 814. The Labute approximate surface area is 138 Å². The predicted molar refractivity (Wildman–Crippen MR) is 84.7 cm³/mol. The first-order valence-electron chi connectivity index (χ1n) is 7.69. The number of ether oxygens (including phenoxy) is 1. The van der Waals surface area contributed by atoms with Crippen molar-refractivity contribution in [1.29, 1.82) is 0 Å². The Hall–Kier alpha value is -1.29. The van der Waals surface area contributed by atoms with Crippen molar-refractivity contribution in [2.45, 2.75) is 42.7 Å². The topological polar surface area (TPSA) is 77.3 Å². The first-order chi connectivity index (χ1) is 11.1. The van der Waals surface area contributed by atoms with E-state index in [0.717, 1.165) is 17.0 Å². The zero-order chi connectivity index (χ0) is 16.0. The van der Waals surface area contributed by atoms with Gasteiger partial charge in [0.25, 0.3) is 10.0 Å². The first-order valence-corrected chi connectivity index (χ1v) is 9.95. The molecule has 0 saturated carbocycles. The fourth-order valence-corrected chi connectivity index (χ4v) is 6.11. The summed E-state index contributed by atoms with van der Waals surface area (Å²) in [5.41, 5.74) is 0.952. The molecule has 1 saturated heterocycles. The molecule has 124 valence electrons. The van der Waals surface area contributed by atoms with E-state index in [0.29, 0.717) is 30.3 Å². The van der Waals surface area contributed by atoms with Crippen LogP contribution in [0.1, 0.15) is 30.0 Å². The molecule has 0 amide bonds. The number of fused-ring (bicyclic) bond motifs is 3. The molecule has 0 bridgehead atoms. The van der Waals surface area contributed by atoms with Gasteiger partial charge in [0.05, 0.1) is 30.6 Å². The highest BCUT2D eigenvalue weighted by Crippen LogP contribution is 2.34. The summed E-state index contributed by atoms with van der Waals surface area (Å²) in [6, 6.07) is 3.67. The lowest BCUT2D eigenvalue weighted by Crippen LogP contribution is -2.50. The highest BCUT2D eigenvalue weighted by molar-refractivity contribution is 7.91. The number of sulfonamides is 1. The van der Waals surface area contributed by atoms with Crippen molar-refractivity contribution >= 4 is 21.4 Å². The minimum absolute atomic E-state index is 0.0715. The number of aryl methyl sites for hydroxylation is 1. The summed E-state index contributed by atoms with van der Waals surface area (Å²) in [7, 11) is -3.44. The van der Waals surface area contributed by atoms with E-state index in [1.54, 1.807) is 16.6 Å². The van der Waals surface area contributed by atoms with Gasteiger partial charge in [0.2, 0.25) is 0 Å². The van der Waals surface area contributed by atoms with Crippen molar-refractivity contribution in [2.24, 2.45) is 0 Å². The molecule has 0 spiro atoms. The highest BCUT2D eigenvalue weighted by atomic mass is 32.2. The Morgan fingerprint density at radius 3 is 3.09 bits per heavy atom. The van der Waals surface area contributed by atoms with Crippen LogP contribution in [0.2, 0.25) is 0 Å². The van der Waals surface area contributed by atoms with E-state index < -0.39 is 10.0 Å². The maximum Gasteiger partial charge on any atom is 0.252 e. The molecule has 9 heteroatoms. The molecule has 0 aliphatic carbocycles. The van der Waals surface area contributed by atoms with Gasteiger partial charge in [0, 0.05) is 18.0 Å². The van der Waals surface area contributed by atoms with Crippen LogP contribution in [0.15, 0.2) is 22.5 Å². The van der Waals surface area contributed by atoms with Gasteiger partial charge in [-0.05, 0) is 25.0 Å². The molecule has 23 heavy (non-hydrogen) atoms. The van der Waals surface area contributed by atoms with Gasteiger partial charge in [-0.1, -0.05) is 12.1 Å². The first kappa shape index (κ1) is 15.3. The maximum atomic E-state index is 12.8. The van der Waals surface area contributed by atoms with Gasteiger partial charge in [0.15, 0.2) is 0 Å². The quantitative estimate of drug-likeness (QED) is 0.833. The zero-order valence-corrected chi connectivity index (χ0v) is 14.4. The number of nitrogens with zero attached hydrogens (tertiary/aromatic N) is 4. The van der Waals surface area contributed by atoms with E-state index in [9.17, 15) is 8.42 Å². The smallest absolute Gasteiger partial charge is 0.252 e.